The summed E-state index contributed by atoms with van der Waals surface area (Å²) in [5.41, 5.74) is 5.00. The zero-order chi connectivity index (χ0) is 32.2. The molecule has 6 heterocycles. The molecule has 0 aliphatic carbocycles. The minimum absolute atomic E-state index is 0.401. The summed E-state index contributed by atoms with van der Waals surface area (Å²) in [5, 5.41) is 11.0. The minimum atomic E-state index is -2.74. The van der Waals surface area contributed by atoms with Gasteiger partial charge in [-0.1, -0.05) is 0 Å². The molecule has 0 radical (unpaired) electrons. The first-order valence-corrected chi connectivity index (χ1v) is 19.3. The predicted molar refractivity (Wildman–Crippen MR) is 187 cm³/mol. The Bertz CT molecular complexity index is 1790. The summed E-state index contributed by atoms with van der Waals surface area (Å²) in [6.07, 6.45) is 5.53. The van der Waals surface area contributed by atoms with Gasteiger partial charge in [0.1, 0.15) is 30.5 Å². The zero-order valence-corrected chi connectivity index (χ0v) is 29.6. The van der Waals surface area contributed by atoms with Gasteiger partial charge in [0.05, 0.1) is 23.0 Å². The average molecular weight is 710 g/mol. The molecule has 0 bridgehead atoms. The van der Waals surface area contributed by atoms with Gasteiger partial charge in [0.2, 0.25) is 5.95 Å². The van der Waals surface area contributed by atoms with Crippen molar-refractivity contribution in [1.82, 2.24) is 34.4 Å². The van der Waals surface area contributed by atoms with Gasteiger partial charge in [-0.2, -0.15) is 10.1 Å². The monoisotopic (exact) mass is 708 g/mol. The van der Waals surface area contributed by atoms with Gasteiger partial charge >= 0.3 is 0 Å². The van der Waals surface area contributed by atoms with Crippen LogP contribution < -0.4 is 25.7 Å². The lowest BCUT2D eigenvalue weighted by Crippen LogP contribution is -2.45. The number of rotatable bonds is 8. The second-order valence-corrected chi connectivity index (χ2v) is 17.3. The summed E-state index contributed by atoms with van der Waals surface area (Å²) >= 11 is 3.57. The van der Waals surface area contributed by atoms with E-state index in [9.17, 15) is 4.57 Å². The molecule has 244 valence electrons. The molecule has 3 aromatic heterocycles. The summed E-state index contributed by atoms with van der Waals surface area (Å²) in [6.45, 7) is 12.7. The first kappa shape index (κ1) is 31.4. The van der Waals surface area contributed by atoms with Crippen molar-refractivity contribution >= 4 is 63.0 Å². The molecule has 4 aromatic rings. The van der Waals surface area contributed by atoms with Gasteiger partial charge in [0, 0.05) is 63.3 Å². The van der Waals surface area contributed by atoms with E-state index in [-0.39, 0.29) is 0 Å². The number of fused-ring (bicyclic) bond motifs is 2. The topological polar surface area (TPSA) is 116 Å². The molecule has 3 aliphatic rings. The summed E-state index contributed by atoms with van der Waals surface area (Å²) in [7, 11) is 1.22. The molecule has 7 rings (SSSR count). The van der Waals surface area contributed by atoms with E-state index in [1.165, 1.54) is 56.6 Å². The van der Waals surface area contributed by atoms with Crippen LogP contribution in [-0.2, 0) is 4.57 Å². The highest BCUT2D eigenvalue weighted by atomic mass is 79.9. The quantitative estimate of drug-likeness (QED) is 0.246. The lowest BCUT2D eigenvalue weighted by molar-refractivity contribution is 0.184. The van der Waals surface area contributed by atoms with Crippen LogP contribution in [0.1, 0.15) is 18.4 Å². The molecular formula is C32H42BrN10O2P. The number of halogens is 1. The van der Waals surface area contributed by atoms with Crippen LogP contribution >= 0.6 is 23.1 Å². The van der Waals surface area contributed by atoms with E-state index in [4.69, 9.17) is 9.72 Å². The van der Waals surface area contributed by atoms with Crippen LogP contribution in [0, 0.1) is 18.8 Å². The molecule has 0 unspecified atom stereocenters. The van der Waals surface area contributed by atoms with Crippen molar-refractivity contribution in [3.8, 4) is 5.75 Å². The van der Waals surface area contributed by atoms with Crippen molar-refractivity contribution < 1.29 is 9.30 Å². The molecule has 1 aromatic carbocycles. The number of hydrogen-bond donors (Lipinski definition) is 2. The fourth-order valence-corrected chi connectivity index (χ4v) is 9.18. The maximum absolute atomic E-state index is 13.3. The van der Waals surface area contributed by atoms with Crippen molar-refractivity contribution in [2.45, 2.75) is 25.8 Å². The number of ether oxygens (including phenoxy) is 1. The first-order chi connectivity index (χ1) is 22.1. The van der Waals surface area contributed by atoms with Gasteiger partial charge in [0.25, 0.3) is 0 Å². The third kappa shape index (κ3) is 6.10. The number of nitrogens with one attached hydrogen (secondary N) is 2. The largest absolute Gasteiger partial charge is 0.494 e. The van der Waals surface area contributed by atoms with Gasteiger partial charge in [-0.3, -0.25) is 4.90 Å². The average Bonchev–Trinajstić information content (AvgIpc) is 3.73. The van der Waals surface area contributed by atoms with Crippen LogP contribution in [0.5, 0.6) is 5.75 Å². The smallest absolute Gasteiger partial charge is 0.229 e. The lowest BCUT2D eigenvalue weighted by atomic mass is 10.0. The fraction of sp³-hybridized carbons (Fsp3) is 0.500. The zero-order valence-electron chi connectivity index (χ0n) is 27.1. The van der Waals surface area contributed by atoms with Gasteiger partial charge in [0.15, 0.2) is 5.65 Å². The normalized spacial score (nSPS) is 21.2. The molecule has 3 aliphatic heterocycles. The minimum Gasteiger partial charge on any atom is -0.494 e. The third-order valence-electron chi connectivity index (χ3n) is 9.71. The molecule has 14 heteroatoms. The number of pyridine rings is 1. The SMILES string of the molecule is COc1cc(N2CCC(N3C[C@H]4CN(C)C[C@H]4C3)CC2)c(C)cc1Nc1ncc(Br)c(Nc2ccc3ncnn3c2P(C)(C)=O)n1. The molecule has 0 saturated carbocycles. The molecule has 12 nitrogen and oxygen atoms in total. The Balaban J connectivity index is 1.06. The number of anilines is 5. The number of piperidine rings is 1. The lowest BCUT2D eigenvalue weighted by Gasteiger charge is -2.39. The Kier molecular flexibility index (Phi) is 8.46. The molecule has 3 fully saturated rings. The van der Waals surface area contributed by atoms with Gasteiger partial charge < -0.3 is 29.7 Å². The van der Waals surface area contributed by atoms with Gasteiger partial charge in [-0.25, -0.2) is 14.5 Å². The summed E-state index contributed by atoms with van der Waals surface area (Å²) in [5.74, 6) is 3.36. The molecular weight excluding hydrogens is 667 g/mol. The second-order valence-electron chi connectivity index (χ2n) is 13.3. The number of hydrogen-bond acceptors (Lipinski definition) is 11. The Morgan fingerprint density at radius 3 is 2.43 bits per heavy atom. The molecule has 46 heavy (non-hydrogen) atoms. The highest BCUT2D eigenvalue weighted by molar-refractivity contribution is 9.10. The summed E-state index contributed by atoms with van der Waals surface area (Å²) in [4.78, 5) is 21.3. The van der Waals surface area contributed by atoms with Gasteiger partial charge in [-0.05, 0) is 91.7 Å². The number of benzene rings is 1. The second kappa shape index (κ2) is 12.4. The van der Waals surface area contributed by atoms with E-state index in [0.717, 1.165) is 36.4 Å². The Hall–Kier alpha value is -3.25. The molecule has 0 amide bonds. The third-order valence-corrected chi connectivity index (χ3v) is 11.7. The molecule has 0 spiro atoms. The maximum atomic E-state index is 13.3. The highest BCUT2D eigenvalue weighted by Gasteiger charge is 2.41. The summed E-state index contributed by atoms with van der Waals surface area (Å²) < 4.78 is 21.4. The maximum Gasteiger partial charge on any atom is 0.229 e. The number of likely N-dealkylation sites (tertiary alicyclic amines) is 2. The van der Waals surface area contributed by atoms with Crippen LogP contribution in [-0.4, -0.2) is 107 Å². The van der Waals surface area contributed by atoms with Crippen LogP contribution in [0.2, 0.25) is 0 Å². The fourth-order valence-electron chi connectivity index (χ4n) is 7.57. The molecule has 3 saturated heterocycles. The number of aryl methyl sites for hydroxylation is 1. The van der Waals surface area contributed by atoms with Crippen LogP contribution in [0.15, 0.2) is 41.3 Å². The summed E-state index contributed by atoms with van der Waals surface area (Å²) in [6, 6.07) is 8.60. The van der Waals surface area contributed by atoms with Crippen molar-refractivity contribution in [3.05, 3.63) is 46.8 Å². The van der Waals surface area contributed by atoms with Gasteiger partial charge in [-0.15, -0.1) is 0 Å². The highest BCUT2D eigenvalue weighted by Crippen LogP contribution is 2.40. The van der Waals surface area contributed by atoms with E-state index >= 15 is 0 Å². The van der Waals surface area contributed by atoms with Crippen molar-refractivity contribution in [1.29, 1.82) is 0 Å². The number of methoxy groups -OCH3 is 1. The van der Waals surface area contributed by atoms with E-state index in [0.29, 0.717) is 39.1 Å². The van der Waals surface area contributed by atoms with Crippen LogP contribution in [0.3, 0.4) is 0 Å². The van der Waals surface area contributed by atoms with Crippen LogP contribution in [0.25, 0.3) is 5.65 Å². The Morgan fingerprint density at radius 1 is 1.00 bits per heavy atom. The molecule has 2 N–H and O–H groups in total. The molecule has 2 atom stereocenters. The standard InChI is InChI=1S/C32H42BrN10O2P/c1-20-12-26(28(45-3)13-27(20)41-10-8-23(9-11-41)42-17-21-15-40(2)16-22(21)18-42)38-32-34-14-24(33)30(39-32)37-25-6-7-29-35-19-36-43(29)31(25)46(4,5)44/h6-7,12-14,19,21-23H,8-11,15-18H2,1-5H3,(H2,34,37,38,39)/t21-,22+. The van der Waals surface area contributed by atoms with Crippen molar-refractivity contribution in [3.63, 3.8) is 0 Å². The van der Waals surface area contributed by atoms with E-state index < -0.39 is 7.14 Å². The number of nitrogens with zero attached hydrogens (tertiary/aromatic N) is 8. The van der Waals surface area contributed by atoms with E-state index in [1.807, 2.05) is 12.1 Å². The van der Waals surface area contributed by atoms with E-state index in [2.05, 4.69) is 82.4 Å². The van der Waals surface area contributed by atoms with Crippen LogP contribution in [0.4, 0.5) is 28.8 Å². The Morgan fingerprint density at radius 2 is 1.74 bits per heavy atom. The van der Waals surface area contributed by atoms with E-state index in [1.54, 1.807) is 31.2 Å². The predicted octanol–water partition coefficient (Wildman–Crippen LogP) is 4.80. The Labute approximate surface area is 278 Å². The first-order valence-electron chi connectivity index (χ1n) is 15.9. The van der Waals surface area contributed by atoms with Crippen molar-refractivity contribution in [2.24, 2.45) is 11.8 Å². The van der Waals surface area contributed by atoms with Crippen molar-refractivity contribution in [2.75, 3.05) is 82.3 Å². The number of aromatic nitrogens is 5.